The van der Waals surface area contributed by atoms with Crippen LogP contribution in [0.3, 0.4) is 0 Å². The Morgan fingerprint density at radius 2 is 2.08 bits per heavy atom. The van der Waals surface area contributed by atoms with Gasteiger partial charge in [0, 0.05) is 5.56 Å². The minimum atomic E-state index is -0.741. The molecule has 0 bridgehead atoms. The fourth-order valence-corrected chi connectivity index (χ4v) is 2.97. The van der Waals surface area contributed by atoms with Crippen LogP contribution in [0, 0.1) is 18.3 Å². The lowest BCUT2D eigenvalue weighted by Crippen LogP contribution is -2.07. The predicted octanol–water partition coefficient (Wildman–Crippen LogP) is 2.76. The Kier molecular flexibility index (Phi) is 3.25. The van der Waals surface area contributed by atoms with E-state index in [1.54, 1.807) is 37.3 Å². The Labute approximate surface area is 142 Å². The van der Waals surface area contributed by atoms with Crippen LogP contribution in [0.25, 0.3) is 11.5 Å². The summed E-state index contributed by atoms with van der Waals surface area (Å²) in [5, 5.41) is 9.23. The van der Waals surface area contributed by atoms with E-state index in [0.717, 1.165) is 5.56 Å². The van der Waals surface area contributed by atoms with E-state index >= 15 is 0 Å². The van der Waals surface area contributed by atoms with Crippen LogP contribution in [0.2, 0.25) is 0 Å². The summed E-state index contributed by atoms with van der Waals surface area (Å²) in [5.74, 6) is -0.124. The Balaban J connectivity index is 1.94. The summed E-state index contributed by atoms with van der Waals surface area (Å²) < 4.78 is 10.9. The second-order valence-electron chi connectivity index (χ2n) is 5.58. The summed E-state index contributed by atoms with van der Waals surface area (Å²) in [4.78, 5) is 20.9. The first-order valence-electron chi connectivity index (χ1n) is 7.52. The minimum Gasteiger partial charge on any atom is -0.463 e. The second kappa shape index (κ2) is 5.46. The number of hydrogen-bond acceptors (Lipinski definition) is 7. The van der Waals surface area contributed by atoms with E-state index in [9.17, 15) is 10.1 Å². The number of carbonyl (C=O) groups excluding carboxylic acids is 1. The molecule has 0 spiro atoms. The van der Waals surface area contributed by atoms with E-state index in [0.29, 0.717) is 28.3 Å². The SMILES string of the molecule is Cc1c(C#N)cccc1C1OC(=O)c2c(-c3ccco3)nc(N)nc21. The Hall–Kier alpha value is -3.66. The molecular formula is C18H12N4O3. The normalized spacial score (nSPS) is 15.5. The molecule has 1 aromatic carbocycles. The molecule has 0 radical (unpaired) electrons. The molecule has 2 aromatic heterocycles. The number of nitriles is 1. The highest BCUT2D eigenvalue weighted by molar-refractivity contribution is 5.99. The molecule has 3 aromatic rings. The lowest BCUT2D eigenvalue weighted by Gasteiger charge is -2.14. The number of fused-ring (bicyclic) bond motifs is 1. The third-order valence-electron chi connectivity index (χ3n) is 4.16. The number of rotatable bonds is 2. The van der Waals surface area contributed by atoms with Crippen molar-refractivity contribution >= 4 is 11.9 Å². The predicted molar refractivity (Wildman–Crippen MR) is 87.3 cm³/mol. The van der Waals surface area contributed by atoms with Gasteiger partial charge in [0.15, 0.2) is 11.9 Å². The molecule has 3 heterocycles. The van der Waals surface area contributed by atoms with E-state index in [-0.39, 0.29) is 11.5 Å². The zero-order chi connectivity index (χ0) is 17.6. The van der Waals surface area contributed by atoms with Crippen LogP contribution in [0.1, 0.15) is 38.8 Å². The summed E-state index contributed by atoms with van der Waals surface area (Å²) in [6, 6.07) is 10.8. The number of nitrogens with two attached hydrogens (primary N) is 1. The first-order valence-corrected chi connectivity index (χ1v) is 7.52. The Bertz CT molecular complexity index is 1040. The average Bonchev–Trinajstić information content (AvgIpc) is 3.23. The molecule has 1 aliphatic rings. The second-order valence-corrected chi connectivity index (χ2v) is 5.58. The largest absolute Gasteiger partial charge is 0.463 e. The van der Waals surface area contributed by atoms with Gasteiger partial charge in [-0.05, 0) is 30.7 Å². The fourth-order valence-electron chi connectivity index (χ4n) is 2.97. The molecule has 122 valence electrons. The molecule has 1 aliphatic heterocycles. The molecule has 0 saturated heterocycles. The van der Waals surface area contributed by atoms with Crippen molar-refractivity contribution in [3.63, 3.8) is 0 Å². The minimum absolute atomic E-state index is 0.0162. The molecule has 0 aliphatic carbocycles. The van der Waals surface area contributed by atoms with Gasteiger partial charge in [-0.15, -0.1) is 0 Å². The molecule has 0 amide bonds. The van der Waals surface area contributed by atoms with E-state index in [4.69, 9.17) is 14.9 Å². The monoisotopic (exact) mass is 332 g/mol. The van der Waals surface area contributed by atoms with Crippen LogP contribution in [0.15, 0.2) is 41.0 Å². The molecule has 2 N–H and O–H groups in total. The van der Waals surface area contributed by atoms with Crippen LogP contribution in [-0.4, -0.2) is 15.9 Å². The molecule has 0 saturated carbocycles. The van der Waals surface area contributed by atoms with Gasteiger partial charge in [0.25, 0.3) is 0 Å². The number of anilines is 1. The van der Waals surface area contributed by atoms with Gasteiger partial charge in [0.05, 0.1) is 17.9 Å². The summed E-state index contributed by atoms with van der Waals surface area (Å²) in [7, 11) is 0. The maximum atomic E-state index is 12.5. The molecule has 4 rings (SSSR count). The number of aromatic nitrogens is 2. The molecule has 1 atom stereocenters. The first-order chi connectivity index (χ1) is 12.1. The van der Waals surface area contributed by atoms with E-state index in [2.05, 4.69) is 16.0 Å². The van der Waals surface area contributed by atoms with Crippen LogP contribution in [0.4, 0.5) is 5.95 Å². The van der Waals surface area contributed by atoms with Gasteiger partial charge in [0.1, 0.15) is 17.0 Å². The maximum Gasteiger partial charge on any atom is 0.343 e. The first kappa shape index (κ1) is 14.9. The standard InChI is InChI=1S/C18H12N4O3/c1-9-10(8-19)4-2-5-11(9)16-15-13(17(23)25-16)14(21-18(20)22-15)12-6-3-7-24-12/h2-7,16H,1H3,(H2,20,21,22). The zero-order valence-electron chi connectivity index (χ0n) is 13.2. The van der Waals surface area contributed by atoms with Crippen molar-refractivity contribution in [3.8, 4) is 17.5 Å². The Morgan fingerprint density at radius 3 is 2.80 bits per heavy atom. The fraction of sp³-hybridized carbons (Fsp3) is 0.111. The average molecular weight is 332 g/mol. The van der Waals surface area contributed by atoms with Gasteiger partial charge < -0.3 is 14.9 Å². The molecular weight excluding hydrogens is 320 g/mol. The van der Waals surface area contributed by atoms with E-state index in [1.165, 1.54) is 6.26 Å². The summed E-state index contributed by atoms with van der Waals surface area (Å²) >= 11 is 0. The smallest absolute Gasteiger partial charge is 0.343 e. The number of esters is 1. The van der Waals surface area contributed by atoms with E-state index < -0.39 is 12.1 Å². The molecule has 0 fully saturated rings. The van der Waals surface area contributed by atoms with Crippen molar-refractivity contribution in [2.75, 3.05) is 5.73 Å². The van der Waals surface area contributed by atoms with Crippen LogP contribution in [0.5, 0.6) is 0 Å². The third-order valence-corrected chi connectivity index (χ3v) is 4.16. The molecule has 25 heavy (non-hydrogen) atoms. The highest BCUT2D eigenvalue weighted by Crippen LogP contribution is 2.40. The van der Waals surface area contributed by atoms with E-state index in [1.807, 2.05) is 0 Å². The lowest BCUT2D eigenvalue weighted by atomic mass is 9.96. The van der Waals surface area contributed by atoms with Crippen molar-refractivity contribution in [2.45, 2.75) is 13.0 Å². The number of carbonyl (C=O) groups is 1. The number of hydrogen-bond donors (Lipinski definition) is 1. The summed E-state index contributed by atoms with van der Waals surface area (Å²) in [6.45, 7) is 1.80. The highest BCUT2D eigenvalue weighted by atomic mass is 16.5. The van der Waals surface area contributed by atoms with Gasteiger partial charge in [-0.3, -0.25) is 0 Å². The highest BCUT2D eigenvalue weighted by Gasteiger charge is 2.39. The molecule has 7 nitrogen and oxygen atoms in total. The van der Waals surface area contributed by atoms with Crippen molar-refractivity contribution in [3.05, 3.63) is 64.5 Å². The summed E-state index contributed by atoms with van der Waals surface area (Å²) in [5.41, 5.74) is 8.67. The number of cyclic esters (lactones) is 1. The third kappa shape index (κ3) is 2.23. The van der Waals surface area contributed by atoms with Crippen LogP contribution >= 0.6 is 0 Å². The number of nitrogen functional groups attached to an aromatic ring is 1. The van der Waals surface area contributed by atoms with Gasteiger partial charge in [-0.1, -0.05) is 12.1 Å². The van der Waals surface area contributed by atoms with Crippen molar-refractivity contribution in [1.29, 1.82) is 5.26 Å². The zero-order valence-corrected chi connectivity index (χ0v) is 13.2. The van der Waals surface area contributed by atoms with Crippen molar-refractivity contribution < 1.29 is 13.9 Å². The Morgan fingerprint density at radius 1 is 1.24 bits per heavy atom. The maximum absolute atomic E-state index is 12.5. The van der Waals surface area contributed by atoms with Crippen LogP contribution in [-0.2, 0) is 4.74 Å². The molecule has 1 unspecified atom stereocenters. The van der Waals surface area contributed by atoms with Crippen LogP contribution < -0.4 is 5.73 Å². The van der Waals surface area contributed by atoms with Crippen molar-refractivity contribution in [2.24, 2.45) is 0 Å². The molecule has 7 heteroatoms. The van der Waals surface area contributed by atoms with Gasteiger partial charge >= 0.3 is 5.97 Å². The summed E-state index contributed by atoms with van der Waals surface area (Å²) in [6.07, 6.45) is 0.744. The number of nitrogens with zero attached hydrogens (tertiary/aromatic N) is 3. The number of ether oxygens (including phenoxy) is 1. The van der Waals surface area contributed by atoms with Crippen molar-refractivity contribution in [1.82, 2.24) is 9.97 Å². The topological polar surface area (TPSA) is 115 Å². The number of furan rings is 1. The van der Waals surface area contributed by atoms with Gasteiger partial charge in [-0.2, -0.15) is 5.26 Å². The quantitative estimate of drug-likeness (QED) is 0.717. The van der Waals surface area contributed by atoms with Gasteiger partial charge in [0.2, 0.25) is 5.95 Å². The van der Waals surface area contributed by atoms with Gasteiger partial charge in [-0.25, -0.2) is 14.8 Å². The lowest BCUT2D eigenvalue weighted by molar-refractivity contribution is 0.0452. The number of benzene rings is 1.